The summed E-state index contributed by atoms with van der Waals surface area (Å²) in [5.74, 6) is -0.126. The van der Waals surface area contributed by atoms with Crippen LogP contribution in [0.15, 0.2) is 24.3 Å². The van der Waals surface area contributed by atoms with Crippen molar-refractivity contribution in [3.05, 3.63) is 24.3 Å². The second-order valence-electron chi connectivity index (χ2n) is 8.18. The Bertz CT molecular complexity index is 645. The number of nitrogens with zero attached hydrogens (tertiary/aromatic N) is 3. The Balaban J connectivity index is 1.55. The number of likely N-dealkylation sites (N-methyl/N-ethyl adjacent to an activating group) is 1. The molecule has 3 rings (SSSR count). The summed E-state index contributed by atoms with van der Waals surface area (Å²) in [7, 11) is 2.15. The van der Waals surface area contributed by atoms with Gasteiger partial charge in [0.1, 0.15) is 6.54 Å². The highest BCUT2D eigenvalue weighted by molar-refractivity contribution is 5.94. The lowest BCUT2D eigenvalue weighted by Gasteiger charge is -2.34. The molecule has 0 radical (unpaired) electrons. The van der Waals surface area contributed by atoms with Gasteiger partial charge in [-0.1, -0.05) is 25.7 Å². The Labute approximate surface area is 168 Å². The molecule has 0 aromatic heterocycles. The molecule has 2 amide bonds. The Hall–Kier alpha value is -2.08. The summed E-state index contributed by atoms with van der Waals surface area (Å²) in [6.45, 7) is 5.90. The van der Waals surface area contributed by atoms with Crippen LogP contribution in [0, 0.1) is 0 Å². The maximum absolute atomic E-state index is 12.6. The van der Waals surface area contributed by atoms with Gasteiger partial charge >= 0.3 is 0 Å². The Morgan fingerprint density at radius 3 is 2.18 bits per heavy atom. The number of carbonyl (C=O) groups excluding carboxylic acids is 2. The lowest BCUT2D eigenvalue weighted by Crippen LogP contribution is -2.44. The van der Waals surface area contributed by atoms with Crippen LogP contribution in [0.25, 0.3) is 0 Å². The number of carbonyl (C=O) groups is 2. The van der Waals surface area contributed by atoms with Crippen LogP contribution in [0.5, 0.6) is 0 Å². The molecule has 1 saturated heterocycles. The summed E-state index contributed by atoms with van der Waals surface area (Å²) < 4.78 is 0. The van der Waals surface area contributed by atoms with Crippen molar-refractivity contribution in [1.82, 2.24) is 9.80 Å². The smallest absolute Gasteiger partial charge is 0.244 e. The van der Waals surface area contributed by atoms with E-state index in [1.54, 1.807) is 11.8 Å². The predicted molar refractivity (Wildman–Crippen MR) is 114 cm³/mol. The fourth-order valence-corrected chi connectivity index (χ4v) is 4.24. The van der Waals surface area contributed by atoms with Crippen molar-refractivity contribution in [3.8, 4) is 0 Å². The minimum Gasteiger partial charge on any atom is -0.369 e. The summed E-state index contributed by atoms with van der Waals surface area (Å²) in [5, 5.41) is 2.96. The third-order valence-corrected chi connectivity index (χ3v) is 6.00. The number of anilines is 2. The van der Waals surface area contributed by atoms with Crippen LogP contribution in [0.1, 0.15) is 45.4 Å². The molecule has 0 bridgehead atoms. The number of nitrogens with one attached hydrogen (secondary N) is 1. The molecule has 0 atom stereocenters. The van der Waals surface area contributed by atoms with Crippen molar-refractivity contribution in [1.29, 1.82) is 0 Å². The minimum atomic E-state index is -0.119. The fraction of sp³-hybridized carbons (Fsp3) is 0.636. The average Bonchev–Trinajstić information content (AvgIpc) is 2.96. The highest BCUT2D eigenvalue weighted by Gasteiger charge is 2.24. The normalized spacial score (nSPS) is 19.1. The third kappa shape index (κ3) is 5.71. The van der Waals surface area contributed by atoms with Crippen LogP contribution >= 0.6 is 0 Å². The van der Waals surface area contributed by atoms with E-state index in [1.807, 2.05) is 12.1 Å². The van der Waals surface area contributed by atoms with Crippen LogP contribution in [0.3, 0.4) is 0 Å². The Morgan fingerprint density at radius 1 is 1.00 bits per heavy atom. The molecular formula is C22H34N4O2. The second-order valence-corrected chi connectivity index (χ2v) is 8.18. The topological polar surface area (TPSA) is 55.9 Å². The second kappa shape index (κ2) is 9.92. The number of hydrogen-bond acceptors (Lipinski definition) is 4. The van der Waals surface area contributed by atoms with E-state index >= 15 is 0 Å². The van der Waals surface area contributed by atoms with Gasteiger partial charge in [-0.15, -0.1) is 0 Å². The fourth-order valence-electron chi connectivity index (χ4n) is 4.24. The van der Waals surface area contributed by atoms with E-state index in [-0.39, 0.29) is 24.4 Å². The van der Waals surface area contributed by atoms with Crippen molar-refractivity contribution in [3.63, 3.8) is 0 Å². The molecule has 1 aliphatic heterocycles. The van der Waals surface area contributed by atoms with Crippen LogP contribution in [-0.4, -0.2) is 67.4 Å². The van der Waals surface area contributed by atoms with Gasteiger partial charge in [0, 0.05) is 50.5 Å². The molecule has 1 aromatic rings. The molecule has 1 saturated carbocycles. The summed E-state index contributed by atoms with van der Waals surface area (Å²) in [6, 6.07) is 8.24. The van der Waals surface area contributed by atoms with E-state index in [2.05, 4.69) is 34.3 Å². The van der Waals surface area contributed by atoms with E-state index in [0.29, 0.717) is 0 Å². The third-order valence-electron chi connectivity index (χ3n) is 6.00. The van der Waals surface area contributed by atoms with Gasteiger partial charge < -0.3 is 20.0 Å². The van der Waals surface area contributed by atoms with Crippen LogP contribution in [0.2, 0.25) is 0 Å². The first-order chi connectivity index (χ1) is 13.5. The monoisotopic (exact) mass is 386 g/mol. The molecule has 2 fully saturated rings. The largest absolute Gasteiger partial charge is 0.369 e. The van der Waals surface area contributed by atoms with E-state index in [0.717, 1.165) is 57.5 Å². The molecule has 1 aromatic carbocycles. The first kappa shape index (κ1) is 20.6. The summed E-state index contributed by atoms with van der Waals surface area (Å²) in [6.07, 6.45) is 6.76. The van der Waals surface area contributed by atoms with Crippen molar-refractivity contribution >= 4 is 23.2 Å². The van der Waals surface area contributed by atoms with Gasteiger partial charge in [0.2, 0.25) is 11.8 Å². The molecule has 1 aliphatic carbocycles. The molecule has 28 heavy (non-hydrogen) atoms. The highest BCUT2D eigenvalue weighted by atomic mass is 16.2. The number of piperazine rings is 1. The summed E-state index contributed by atoms with van der Waals surface area (Å²) in [4.78, 5) is 31.1. The number of benzene rings is 1. The zero-order chi connectivity index (χ0) is 19.9. The highest BCUT2D eigenvalue weighted by Crippen LogP contribution is 2.23. The number of rotatable bonds is 5. The molecule has 1 N–H and O–H groups in total. The SMILES string of the molecule is CC(=O)N(CC(=O)Nc1ccc(N2CCN(C)CC2)cc1)C1CCCCCC1. The Kier molecular flexibility index (Phi) is 7.31. The van der Waals surface area contributed by atoms with Gasteiger partial charge in [0.05, 0.1) is 0 Å². The number of amides is 2. The van der Waals surface area contributed by atoms with Crippen molar-refractivity contribution < 1.29 is 9.59 Å². The zero-order valence-electron chi connectivity index (χ0n) is 17.3. The maximum atomic E-state index is 12.6. The van der Waals surface area contributed by atoms with Gasteiger partial charge in [-0.05, 0) is 44.2 Å². The lowest BCUT2D eigenvalue weighted by atomic mass is 10.1. The molecule has 0 spiro atoms. The molecular weight excluding hydrogens is 352 g/mol. The van der Waals surface area contributed by atoms with Gasteiger partial charge in [-0.2, -0.15) is 0 Å². The van der Waals surface area contributed by atoms with Gasteiger partial charge in [-0.3, -0.25) is 9.59 Å². The molecule has 6 heteroatoms. The summed E-state index contributed by atoms with van der Waals surface area (Å²) >= 11 is 0. The van der Waals surface area contributed by atoms with Crippen molar-refractivity contribution in [2.45, 2.75) is 51.5 Å². The molecule has 154 valence electrons. The van der Waals surface area contributed by atoms with E-state index in [9.17, 15) is 9.59 Å². The van der Waals surface area contributed by atoms with Crippen molar-refractivity contribution in [2.75, 3.05) is 50.0 Å². The molecule has 1 heterocycles. The van der Waals surface area contributed by atoms with E-state index < -0.39 is 0 Å². The molecule has 2 aliphatic rings. The van der Waals surface area contributed by atoms with E-state index in [1.165, 1.54) is 18.5 Å². The molecule has 0 unspecified atom stereocenters. The standard InChI is InChI=1S/C22H34N4O2/c1-18(27)26(21-7-5-3-4-6-8-21)17-22(28)23-19-9-11-20(12-10-19)25-15-13-24(2)14-16-25/h9-12,21H,3-8,13-17H2,1-2H3,(H,23,28). The maximum Gasteiger partial charge on any atom is 0.244 e. The van der Waals surface area contributed by atoms with E-state index in [4.69, 9.17) is 0 Å². The summed E-state index contributed by atoms with van der Waals surface area (Å²) in [5.41, 5.74) is 1.97. The lowest BCUT2D eigenvalue weighted by molar-refractivity contribution is -0.135. The molecule has 6 nitrogen and oxygen atoms in total. The van der Waals surface area contributed by atoms with Gasteiger partial charge in [-0.25, -0.2) is 0 Å². The van der Waals surface area contributed by atoms with Crippen LogP contribution in [-0.2, 0) is 9.59 Å². The Morgan fingerprint density at radius 2 is 1.61 bits per heavy atom. The van der Waals surface area contributed by atoms with Crippen LogP contribution in [0.4, 0.5) is 11.4 Å². The quantitative estimate of drug-likeness (QED) is 0.791. The average molecular weight is 387 g/mol. The predicted octanol–water partition coefficient (Wildman–Crippen LogP) is 2.95. The van der Waals surface area contributed by atoms with Gasteiger partial charge in [0.15, 0.2) is 0 Å². The van der Waals surface area contributed by atoms with Crippen molar-refractivity contribution in [2.24, 2.45) is 0 Å². The minimum absolute atomic E-state index is 0.00698. The number of hydrogen-bond donors (Lipinski definition) is 1. The van der Waals surface area contributed by atoms with Crippen LogP contribution < -0.4 is 10.2 Å². The first-order valence-electron chi connectivity index (χ1n) is 10.6. The first-order valence-corrected chi connectivity index (χ1v) is 10.6. The zero-order valence-corrected chi connectivity index (χ0v) is 17.3. The van der Waals surface area contributed by atoms with Gasteiger partial charge in [0.25, 0.3) is 0 Å².